The topological polar surface area (TPSA) is 99.5 Å². The van der Waals surface area contributed by atoms with Crippen molar-refractivity contribution in [2.45, 2.75) is 65.6 Å². The Morgan fingerprint density at radius 1 is 1.39 bits per heavy atom. The summed E-state index contributed by atoms with van der Waals surface area (Å²) in [5.74, 6) is 0.0548. The fourth-order valence-electron chi connectivity index (χ4n) is 1.56. The number of hydrogen-bond acceptors (Lipinski definition) is 5. The molecule has 4 unspecified atom stereocenters. The summed E-state index contributed by atoms with van der Waals surface area (Å²) in [5, 5.41) is 28.0. The average molecular weight is 258 g/mol. The molecule has 0 radical (unpaired) electrons. The van der Waals surface area contributed by atoms with Gasteiger partial charge in [-0.2, -0.15) is 5.26 Å². The molecule has 0 aromatic carbocycles. The number of aliphatic hydroxyl groups is 2. The fraction of sp³-hybridized carbons (Fsp3) is 0.923. The number of aliphatic hydroxyl groups excluding tert-OH is 1. The lowest BCUT2D eigenvalue weighted by Gasteiger charge is -2.38. The number of nitrogens with zero attached hydrogens (tertiary/aromatic N) is 1. The maximum Gasteiger partial charge on any atom is 0.197 e. The first kappa shape index (κ1) is 17.3. The molecule has 0 aromatic heterocycles. The van der Waals surface area contributed by atoms with Gasteiger partial charge < -0.3 is 14.9 Å². The molecular weight excluding hydrogens is 232 g/mol. The molecule has 0 heterocycles. The van der Waals surface area contributed by atoms with E-state index in [-0.39, 0.29) is 17.8 Å². The minimum atomic E-state index is -1.83. The molecule has 0 rings (SSSR count). The SMILES string of the molecule is CCC(C)(C)C(C)C(CC#N)OC(O)C(C)(N)O. The Hall–Kier alpha value is -0.670. The zero-order valence-corrected chi connectivity index (χ0v) is 12.0. The Bertz CT molecular complexity index is 292. The van der Waals surface area contributed by atoms with E-state index < -0.39 is 18.1 Å². The number of nitrogens with two attached hydrogens (primary N) is 1. The lowest BCUT2D eigenvalue weighted by molar-refractivity contribution is -0.236. The van der Waals surface area contributed by atoms with Gasteiger partial charge in [-0.05, 0) is 18.3 Å². The van der Waals surface area contributed by atoms with Gasteiger partial charge in [0.05, 0.1) is 18.6 Å². The van der Waals surface area contributed by atoms with Gasteiger partial charge in [-0.15, -0.1) is 0 Å². The van der Waals surface area contributed by atoms with Gasteiger partial charge in [-0.25, -0.2) is 0 Å². The summed E-state index contributed by atoms with van der Waals surface area (Å²) in [7, 11) is 0. The van der Waals surface area contributed by atoms with Crippen molar-refractivity contribution in [2.24, 2.45) is 17.1 Å². The van der Waals surface area contributed by atoms with Crippen LogP contribution in [-0.4, -0.2) is 28.3 Å². The molecule has 106 valence electrons. The second-order valence-corrected chi connectivity index (χ2v) is 5.75. The Balaban J connectivity index is 4.83. The van der Waals surface area contributed by atoms with Crippen LogP contribution in [0.5, 0.6) is 0 Å². The van der Waals surface area contributed by atoms with E-state index in [4.69, 9.17) is 15.7 Å². The van der Waals surface area contributed by atoms with E-state index in [2.05, 4.69) is 20.8 Å². The van der Waals surface area contributed by atoms with E-state index in [9.17, 15) is 10.2 Å². The third-order valence-corrected chi connectivity index (χ3v) is 3.80. The molecule has 5 nitrogen and oxygen atoms in total. The van der Waals surface area contributed by atoms with Gasteiger partial charge >= 0.3 is 0 Å². The zero-order chi connectivity index (χ0) is 14.6. The van der Waals surface area contributed by atoms with Crippen LogP contribution >= 0.6 is 0 Å². The van der Waals surface area contributed by atoms with Gasteiger partial charge in [0, 0.05) is 0 Å². The van der Waals surface area contributed by atoms with Gasteiger partial charge in [0.25, 0.3) is 0 Å². The summed E-state index contributed by atoms with van der Waals surface area (Å²) >= 11 is 0. The van der Waals surface area contributed by atoms with Crippen molar-refractivity contribution in [3.63, 3.8) is 0 Å². The van der Waals surface area contributed by atoms with E-state index in [1.54, 1.807) is 0 Å². The van der Waals surface area contributed by atoms with E-state index >= 15 is 0 Å². The summed E-state index contributed by atoms with van der Waals surface area (Å²) < 4.78 is 5.36. The minimum Gasteiger partial charge on any atom is -0.371 e. The fourth-order valence-corrected chi connectivity index (χ4v) is 1.56. The van der Waals surface area contributed by atoms with E-state index in [1.165, 1.54) is 6.92 Å². The molecule has 0 aliphatic heterocycles. The van der Waals surface area contributed by atoms with Gasteiger partial charge in [0.1, 0.15) is 0 Å². The van der Waals surface area contributed by atoms with Gasteiger partial charge in [-0.1, -0.05) is 34.1 Å². The van der Waals surface area contributed by atoms with Crippen LogP contribution in [0.1, 0.15) is 47.5 Å². The van der Waals surface area contributed by atoms with E-state index in [0.717, 1.165) is 6.42 Å². The number of hydrogen-bond donors (Lipinski definition) is 3. The molecule has 0 amide bonds. The molecule has 0 aliphatic carbocycles. The van der Waals surface area contributed by atoms with Crippen molar-refractivity contribution in [1.29, 1.82) is 5.26 Å². The Morgan fingerprint density at radius 2 is 1.89 bits per heavy atom. The van der Waals surface area contributed by atoms with Crippen LogP contribution in [0.2, 0.25) is 0 Å². The Morgan fingerprint density at radius 3 is 2.22 bits per heavy atom. The number of rotatable bonds is 7. The molecule has 4 atom stereocenters. The van der Waals surface area contributed by atoms with Gasteiger partial charge in [0.2, 0.25) is 0 Å². The van der Waals surface area contributed by atoms with Crippen LogP contribution in [0.3, 0.4) is 0 Å². The maximum absolute atomic E-state index is 9.66. The molecular formula is C13H26N2O3. The smallest absolute Gasteiger partial charge is 0.197 e. The predicted molar refractivity (Wildman–Crippen MR) is 69.2 cm³/mol. The highest BCUT2D eigenvalue weighted by molar-refractivity contribution is 4.87. The number of ether oxygens (including phenoxy) is 1. The second-order valence-electron chi connectivity index (χ2n) is 5.75. The van der Waals surface area contributed by atoms with Gasteiger partial charge in [-0.3, -0.25) is 5.73 Å². The lowest BCUT2D eigenvalue weighted by atomic mass is 9.74. The molecule has 0 aliphatic rings. The van der Waals surface area contributed by atoms with Crippen molar-refractivity contribution in [2.75, 3.05) is 0 Å². The molecule has 4 N–H and O–H groups in total. The van der Waals surface area contributed by atoms with Crippen molar-refractivity contribution >= 4 is 0 Å². The molecule has 0 saturated heterocycles. The highest BCUT2D eigenvalue weighted by atomic mass is 16.6. The van der Waals surface area contributed by atoms with Crippen LogP contribution in [0.25, 0.3) is 0 Å². The maximum atomic E-state index is 9.66. The van der Waals surface area contributed by atoms with Crippen LogP contribution in [0, 0.1) is 22.7 Å². The minimum absolute atomic E-state index is 0.0261. The normalized spacial score (nSPS) is 20.6. The first-order chi connectivity index (χ1) is 8.06. The third-order valence-electron chi connectivity index (χ3n) is 3.80. The third kappa shape index (κ3) is 4.91. The van der Waals surface area contributed by atoms with Crippen LogP contribution < -0.4 is 5.73 Å². The van der Waals surface area contributed by atoms with Crippen LogP contribution in [-0.2, 0) is 4.74 Å². The largest absolute Gasteiger partial charge is 0.371 e. The van der Waals surface area contributed by atoms with E-state index in [1.807, 2.05) is 13.0 Å². The molecule has 18 heavy (non-hydrogen) atoms. The van der Waals surface area contributed by atoms with E-state index in [0.29, 0.717) is 0 Å². The molecule has 5 heteroatoms. The van der Waals surface area contributed by atoms with Crippen molar-refractivity contribution in [1.82, 2.24) is 0 Å². The van der Waals surface area contributed by atoms with Crippen LogP contribution in [0.4, 0.5) is 0 Å². The average Bonchev–Trinajstić information content (AvgIpc) is 2.26. The highest BCUT2D eigenvalue weighted by Crippen LogP contribution is 2.35. The van der Waals surface area contributed by atoms with Crippen LogP contribution in [0.15, 0.2) is 0 Å². The Kier molecular flexibility index (Phi) is 6.24. The van der Waals surface area contributed by atoms with Crippen molar-refractivity contribution < 1.29 is 14.9 Å². The number of nitriles is 1. The molecule has 0 aromatic rings. The van der Waals surface area contributed by atoms with Gasteiger partial charge in [0.15, 0.2) is 12.0 Å². The molecule has 0 fully saturated rings. The summed E-state index contributed by atoms with van der Waals surface area (Å²) in [4.78, 5) is 0. The van der Waals surface area contributed by atoms with Crippen molar-refractivity contribution in [3.05, 3.63) is 0 Å². The summed E-state index contributed by atoms with van der Waals surface area (Å²) in [6, 6.07) is 2.04. The summed E-state index contributed by atoms with van der Waals surface area (Å²) in [5.41, 5.74) is 3.51. The molecule has 0 saturated carbocycles. The standard InChI is InChI=1S/C13H26N2O3/c1-6-12(3,4)9(2)10(7-8-14)18-11(16)13(5,15)17/h9-11,16-17H,6-7,15H2,1-5H3. The first-order valence-electron chi connectivity index (χ1n) is 6.28. The predicted octanol–water partition coefficient (Wildman–Crippen LogP) is 1.34. The molecule has 0 spiro atoms. The zero-order valence-electron chi connectivity index (χ0n) is 12.0. The quantitative estimate of drug-likeness (QED) is 0.598. The second kappa shape index (κ2) is 6.48. The highest BCUT2D eigenvalue weighted by Gasteiger charge is 2.36. The monoisotopic (exact) mass is 258 g/mol. The summed E-state index contributed by atoms with van der Waals surface area (Å²) in [6.45, 7) is 9.46. The first-order valence-corrected chi connectivity index (χ1v) is 6.28. The molecule has 0 bridgehead atoms. The Labute approximate surface area is 110 Å². The summed E-state index contributed by atoms with van der Waals surface area (Å²) in [6.07, 6.45) is -0.896. The van der Waals surface area contributed by atoms with Crippen molar-refractivity contribution in [3.8, 4) is 6.07 Å². The lowest BCUT2D eigenvalue weighted by Crippen LogP contribution is -2.51.